The molecule has 1 amide bonds. The lowest BCUT2D eigenvalue weighted by atomic mass is 10.2. The van der Waals surface area contributed by atoms with E-state index in [-0.39, 0.29) is 23.3 Å². The van der Waals surface area contributed by atoms with Gasteiger partial charge in [0, 0.05) is 18.0 Å². The summed E-state index contributed by atoms with van der Waals surface area (Å²) in [5.41, 5.74) is 0.610. The van der Waals surface area contributed by atoms with Gasteiger partial charge in [0.05, 0.1) is 22.7 Å². The number of thiophene rings is 1. The fourth-order valence-corrected chi connectivity index (χ4v) is 5.87. The van der Waals surface area contributed by atoms with Gasteiger partial charge in [-0.1, -0.05) is 36.0 Å². The average Bonchev–Trinajstić information content (AvgIpc) is 3.55. The third kappa shape index (κ3) is 3.47. The maximum atomic E-state index is 13.1. The van der Waals surface area contributed by atoms with Gasteiger partial charge < -0.3 is 4.90 Å². The Morgan fingerprint density at radius 3 is 2.94 bits per heavy atom. The Balaban J connectivity index is 1.47. The average molecular weight is 452 g/mol. The van der Waals surface area contributed by atoms with Gasteiger partial charge in [-0.05, 0) is 36.4 Å². The van der Waals surface area contributed by atoms with Crippen molar-refractivity contribution in [1.82, 2.24) is 24.1 Å². The first-order chi connectivity index (χ1) is 15.2. The lowest BCUT2D eigenvalue weighted by molar-refractivity contribution is -0.129. The predicted molar refractivity (Wildman–Crippen MR) is 124 cm³/mol. The highest BCUT2D eigenvalue weighted by Gasteiger charge is 2.30. The van der Waals surface area contributed by atoms with E-state index in [1.165, 1.54) is 16.6 Å². The third-order valence-corrected chi connectivity index (χ3v) is 7.45. The van der Waals surface area contributed by atoms with E-state index in [9.17, 15) is 9.59 Å². The number of benzene rings is 1. The Kier molecular flexibility index (Phi) is 5.37. The van der Waals surface area contributed by atoms with Gasteiger partial charge in [0.15, 0.2) is 5.16 Å². The van der Waals surface area contributed by atoms with Crippen LogP contribution in [-0.2, 0) is 11.3 Å². The molecule has 0 aliphatic carbocycles. The first-order valence-corrected chi connectivity index (χ1v) is 12.0. The lowest BCUT2D eigenvalue weighted by Gasteiger charge is -2.23. The van der Waals surface area contributed by atoms with Crippen LogP contribution in [0.15, 0.2) is 64.4 Å². The number of hydrogen-bond donors (Lipinski definition) is 0. The van der Waals surface area contributed by atoms with Crippen LogP contribution in [0.5, 0.6) is 0 Å². The molecule has 158 valence electrons. The number of hydrogen-bond acceptors (Lipinski definition) is 6. The molecule has 1 aliphatic heterocycles. The monoisotopic (exact) mass is 451 g/mol. The summed E-state index contributed by atoms with van der Waals surface area (Å²) in [5, 5.41) is 11.8. The second-order valence-corrected chi connectivity index (χ2v) is 9.31. The summed E-state index contributed by atoms with van der Waals surface area (Å²) in [5.74, 6) is 0.829. The summed E-state index contributed by atoms with van der Waals surface area (Å²) in [7, 11) is 0. The van der Waals surface area contributed by atoms with Gasteiger partial charge in [-0.2, -0.15) is 0 Å². The van der Waals surface area contributed by atoms with Gasteiger partial charge in [0.25, 0.3) is 5.56 Å². The molecular formula is C22H21N5O2S2. The molecule has 0 radical (unpaired) electrons. The molecule has 7 nitrogen and oxygen atoms in total. The highest BCUT2D eigenvalue weighted by Crippen LogP contribution is 2.35. The summed E-state index contributed by atoms with van der Waals surface area (Å²) in [6.45, 7) is 4.87. The van der Waals surface area contributed by atoms with E-state index in [0.717, 1.165) is 24.9 Å². The molecule has 0 saturated carbocycles. The topological polar surface area (TPSA) is 72.5 Å². The lowest BCUT2D eigenvalue weighted by Crippen LogP contribution is -2.31. The van der Waals surface area contributed by atoms with Crippen molar-refractivity contribution in [3.63, 3.8) is 0 Å². The standard InChI is InChI=1S/C22H21N5O2S2/c1-2-11-26-20(29)15-7-3-4-8-16(15)27-21(26)23-24-22(27)31-14-19(28)25-12-5-9-17(25)18-10-6-13-30-18/h2-4,6-8,10,13,17H,1,5,9,11-12,14H2. The number of amides is 1. The molecule has 1 unspecified atom stereocenters. The van der Waals surface area contributed by atoms with Gasteiger partial charge in [-0.15, -0.1) is 28.1 Å². The van der Waals surface area contributed by atoms with E-state index in [1.807, 2.05) is 33.6 Å². The summed E-state index contributed by atoms with van der Waals surface area (Å²) >= 11 is 3.06. The van der Waals surface area contributed by atoms with Crippen LogP contribution in [-0.4, -0.2) is 42.3 Å². The predicted octanol–water partition coefficient (Wildman–Crippen LogP) is 3.75. The minimum atomic E-state index is -0.126. The van der Waals surface area contributed by atoms with Crippen LogP contribution in [0.4, 0.5) is 0 Å². The number of aromatic nitrogens is 4. The molecule has 1 aromatic carbocycles. The summed E-state index contributed by atoms with van der Waals surface area (Å²) in [6, 6.07) is 11.7. The van der Waals surface area contributed by atoms with Crippen LogP contribution < -0.4 is 5.56 Å². The fraction of sp³-hybridized carbons (Fsp3) is 0.273. The van der Waals surface area contributed by atoms with E-state index in [4.69, 9.17) is 0 Å². The number of thioether (sulfide) groups is 1. The molecule has 0 bridgehead atoms. The van der Waals surface area contributed by atoms with Gasteiger partial charge >= 0.3 is 0 Å². The van der Waals surface area contributed by atoms with Crippen LogP contribution in [0.3, 0.4) is 0 Å². The van der Waals surface area contributed by atoms with Crippen LogP contribution in [0.2, 0.25) is 0 Å². The Hall–Kier alpha value is -2.91. The Bertz CT molecular complexity index is 1330. The number of rotatable bonds is 6. The van der Waals surface area contributed by atoms with Crippen LogP contribution in [0, 0.1) is 0 Å². The first kappa shape index (κ1) is 20.0. The van der Waals surface area contributed by atoms with Crippen molar-refractivity contribution >= 4 is 45.7 Å². The first-order valence-electron chi connectivity index (χ1n) is 10.1. The van der Waals surface area contributed by atoms with Gasteiger partial charge in [0.2, 0.25) is 11.7 Å². The number of fused-ring (bicyclic) bond motifs is 3. The Morgan fingerprint density at radius 1 is 1.26 bits per heavy atom. The van der Waals surface area contributed by atoms with Crippen LogP contribution in [0.1, 0.15) is 23.8 Å². The molecule has 4 heterocycles. The number of para-hydroxylation sites is 1. The van der Waals surface area contributed by atoms with E-state index in [2.05, 4.69) is 28.2 Å². The minimum absolute atomic E-state index is 0.0985. The van der Waals surface area contributed by atoms with Crippen molar-refractivity contribution in [3.8, 4) is 0 Å². The zero-order valence-corrected chi connectivity index (χ0v) is 18.4. The van der Waals surface area contributed by atoms with Crippen molar-refractivity contribution < 1.29 is 4.79 Å². The number of allylic oxidation sites excluding steroid dienone is 1. The largest absolute Gasteiger partial charge is 0.334 e. The van der Waals surface area contributed by atoms with Crippen LogP contribution >= 0.6 is 23.1 Å². The van der Waals surface area contributed by atoms with Crippen molar-refractivity contribution in [1.29, 1.82) is 0 Å². The minimum Gasteiger partial charge on any atom is -0.334 e. The van der Waals surface area contributed by atoms with Crippen LogP contribution in [0.25, 0.3) is 16.7 Å². The molecule has 31 heavy (non-hydrogen) atoms. The van der Waals surface area contributed by atoms with Gasteiger partial charge in [-0.3, -0.25) is 18.6 Å². The van der Waals surface area contributed by atoms with Gasteiger partial charge in [0.1, 0.15) is 0 Å². The highest BCUT2D eigenvalue weighted by atomic mass is 32.2. The maximum absolute atomic E-state index is 13.1. The summed E-state index contributed by atoms with van der Waals surface area (Å²) < 4.78 is 3.42. The zero-order valence-electron chi connectivity index (χ0n) is 16.8. The number of nitrogens with zero attached hydrogens (tertiary/aromatic N) is 5. The SMILES string of the molecule is C=CCn1c(=O)c2ccccc2n2c(SCC(=O)N3CCCC3c3cccs3)nnc12. The molecule has 9 heteroatoms. The summed E-state index contributed by atoms with van der Waals surface area (Å²) in [6.07, 6.45) is 3.69. The second-order valence-electron chi connectivity index (χ2n) is 7.39. The number of likely N-dealkylation sites (tertiary alicyclic amines) is 1. The third-order valence-electron chi connectivity index (χ3n) is 5.56. The quantitative estimate of drug-likeness (QED) is 0.330. The van der Waals surface area contributed by atoms with Gasteiger partial charge in [-0.25, -0.2) is 0 Å². The molecule has 1 aliphatic rings. The molecule has 0 spiro atoms. The molecule has 1 atom stereocenters. The summed E-state index contributed by atoms with van der Waals surface area (Å²) in [4.78, 5) is 29.2. The fourth-order valence-electron chi connectivity index (χ4n) is 4.17. The zero-order chi connectivity index (χ0) is 21.4. The van der Waals surface area contributed by atoms with E-state index < -0.39 is 0 Å². The van der Waals surface area contributed by atoms with Crippen molar-refractivity contribution in [2.24, 2.45) is 0 Å². The normalized spacial score (nSPS) is 16.4. The van der Waals surface area contributed by atoms with Crippen molar-refractivity contribution in [3.05, 3.63) is 69.7 Å². The molecule has 5 rings (SSSR count). The molecule has 4 aromatic rings. The Labute approximate surface area is 187 Å². The molecule has 1 fully saturated rings. The molecule has 0 N–H and O–H groups in total. The van der Waals surface area contributed by atoms with Crippen molar-refractivity contribution in [2.75, 3.05) is 12.3 Å². The van der Waals surface area contributed by atoms with Crippen molar-refractivity contribution in [2.45, 2.75) is 30.6 Å². The molecular weight excluding hydrogens is 430 g/mol. The number of carbonyl (C=O) groups excluding carboxylic acids is 1. The number of carbonyl (C=O) groups is 1. The van der Waals surface area contributed by atoms with E-state index in [0.29, 0.717) is 22.9 Å². The van der Waals surface area contributed by atoms with E-state index >= 15 is 0 Å². The highest BCUT2D eigenvalue weighted by molar-refractivity contribution is 7.99. The maximum Gasteiger partial charge on any atom is 0.263 e. The molecule has 1 saturated heterocycles. The smallest absolute Gasteiger partial charge is 0.263 e. The molecule has 3 aromatic heterocycles. The van der Waals surface area contributed by atoms with E-state index in [1.54, 1.807) is 28.0 Å². The Morgan fingerprint density at radius 2 is 2.13 bits per heavy atom. The second kappa shape index (κ2) is 8.32.